The minimum Gasteiger partial charge on any atom is -0.502 e. The maximum absolute atomic E-state index is 10.6. The van der Waals surface area contributed by atoms with Gasteiger partial charge in [-0.1, -0.05) is 0 Å². The Bertz CT molecular complexity index is 280. The second-order valence-electron chi connectivity index (χ2n) is 1.75. The van der Waals surface area contributed by atoms with Crippen LogP contribution in [0.3, 0.4) is 0 Å². The van der Waals surface area contributed by atoms with Crippen LogP contribution in [0.1, 0.15) is 5.76 Å². The molecule has 0 amide bonds. The van der Waals surface area contributed by atoms with Crippen LogP contribution in [-0.4, -0.2) is 10.2 Å². The normalized spacial score (nSPS) is 8.82. The maximum Gasteiger partial charge on any atom is 0.226 e. The third-order valence-corrected chi connectivity index (χ3v) is 1.02. The van der Waals surface area contributed by atoms with Crippen molar-refractivity contribution in [2.75, 3.05) is 0 Å². The van der Waals surface area contributed by atoms with E-state index in [0.29, 0.717) is 0 Å². The highest BCUT2D eigenvalue weighted by Crippen LogP contribution is 2.01. The largest absolute Gasteiger partial charge is 0.502 e. The molecule has 0 saturated carbocycles. The van der Waals surface area contributed by atoms with Crippen LogP contribution in [0.2, 0.25) is 0 Å². The summed E-state index contributed by atoms with van der Waals surface area (Å²) in [6.45, 7) is -0.338. The fourth-order valence-corrected chi connectivity index (χ4v) is 0.527. The molecule has 0 aliphatic heterocycles. The Morgan fingerprint density at radius 1 is 1.55 bits per heavy atom. The van der Waals surface area contributed by atoms with E-state index >= 15 is 0 Å². The lowest BCUT2D eigenvalue weighted by molar-refractivity contribution is 0.241. The van der Waals surface area contributed by atoms with E-state index in [1.54, 1.807) is 0 Å². The molecule has 0 fully saturated rings. The number of rotatable bonds is 1. The monoisotopic (exact) mass is 178 g/mol. The van der Waals surface area contributed by atoms with Crippen LogP contribution in [0, 0.1) is 0 Å². The molecule has 0 saturated heterocycles. The first-order valence-electron chi connectivity index (χ1n) is 2.65. The zero-order valence-corrected chi connectivity index (χ0v) is 6.30. The second kappa shape index (κ2) is 4.00. The van der Waals surface area contributed by atoms with Crippen molar-refractivity contribution in [2.45, 2.75) is 6.61 Å². The summed E-state index contributed by atoms with van der Waals surface area (Å²) >= 11 is 0. The predicted molar refractivity (Wildman–Crippen MR) is 39.8 cm³/mol. The van der Waals surface area contributed by atoms with Gasteiger partial charge in [-0.3, -0.25) is 4.79 Å². The zero-order chi connectivity index (χ0) is 7.56. The molecule has 1 rings (SSSR count). The van der Waals surface area contributed by atoms with Crippen LogP contribution in [0.5, 0.6) is 5.75 Å². The number of hydrogen-bond acceptors (Lipinski definition) is 4. The average molecular weight is 179 g/mol. The van der Waals surface area contributed by atoms with Gasteiger partial charge in [-0.15, -0.1) is 12.4 Å². The minimum absolute atomic E-state index is 0. The molecule has 1 heterocycles. The summed E-state index contributed by atoms with van der Waals surface area (Å²) < 4.78 is 4.59. The summed E-state index contributed by atoms with van der Waals surface area (Å²) in [5.74, 6) is -0.306. The molecule has 0 bridgehead atoms. The molecule has 0 spiro atoms. The lowest BCUT2D eigenvalue weighted by Gasteiger charge is -1.92. The van der Waals surface area contributed by atoms with Crippen molar-refractivity contribution < 1.29 is 14.6 Å². The van der Waals surface area contributed by atoms with Crippen molar-refractivity contribution in [1.82, 2.24) is 0 Å². The van der Waals surface area contributed by atoms with E-state index in [0.717, 1.165) is 12.3 Å². The van der Waals surface area contributed by atoms with Gasteiger partial charge in [0.1, 0.15) is 18.6 Å². The van der Waals surface area contributed by atoms with Gasteiger partial charge in [-0.2, -0.15) is 0 Å². The Labute approximate surface area is 68.5 Å². The van der Waals surface area contributed by atoms with Crippen LogP contribution >= 0.6 is 12.4 Å². The van der Waals surface area contributed by atoms with E-state index in [2.05, 4.69) is 4.42 Å². The van der Waals surface area contributed by atoms with E-state index in [-0.39, 0.29) is 24.8 Å². The molecule has 2 N–H and O–H groups in total. The summed E-state index contributed by atoms with van der Waals surface area (Å²) in [5, 5.41) is 17.1. The average Bonchev–Trinajstić information content (AvgIpc) is 1.95. The highest BCUT2D eigenvalue weighted by molar-refractivity contribution is 5.85. The van der Waals surface area contributed by atoms with Crippen LogP contribution in [0.4, 0.5) is 0 Å². The van der Waals surface area contributed by atoms with Crippen molar-refractivity contribution in [3.05, 3.63) is 28.3 Å². The predicted octanol–water partition coefficient (Wildman–Crippen LogP) is 0.259. The molecular formula is C6H7ClO4. The number of hydrogen-bond donors (Lipinski definition) is 2. The standard InChI is InChI=1S/C6H6O4.ClH/c7-2-4-1-5(8)6(9)3-10-4;/h1,3,7,9H,2H2;1H. The fourth-order valence-electron chi connectivity index (χ4n) is 0.527. The van der Waals surface area contributed by atoms with Gasteiger partial charge in [0.25, 0.3) is 0 Å². The van der Waals surface area contributed by atoms with Gasteiger partial charge in [0.05, 0.1) is 0 Å². The van der Waals surface area contributed by atoms with Crippen molar-refractivity contribution in [2.24, 2.45) is 0 Å². The van der Waals surface area contributed by atoms with Crippen molar-refractivity contribution >= 4 is 12.4 Å². The molecule has 0 aliphatic rings. The molecule has 5 heteroatoms. The first-order valence-corrected chi connectivity index (χ1v) is 2.65. The minimum atomic E-state index is -0.546. The number of aliphatic hydroxyl groups excluding tert-OH is 1. The molecule has 4 nitrogen and oxygen atoms in total. The quantitative estimate of drug-likeness (QED) is 0.647. The Morgan fingerprint density at radius 3 is 2.64 bits per heavy atom. The summed E-state index contributed by atoms with van der Waals surface area (Å²) in [7, 11) is 0. The molecule has 0 aromatic carbocycles. The molecule has 62 valence electrons. The number of aliphatic hydroxyl groups is 1. The molecule has 0 radical (unpaired) electrons. The van der Waals surface area contributed by atoms with E-state index in [1.807, 2.05) is 0 Å². The number of aromatic hydroxyl groups is 1. The van der Waals surface area contributed by atoms with Crippen molar-refractivity contribution in [1.29, 1.82) is 0 Å². The Hall–Kier alpha value is -1.00. The third-order valence-electron chi connectivity index (χ3n) is 1.02. The summed E-state index contributed by atoms with van der Waals surface area (Å²) in [6, 6.07) is 1.04. The highest BCUT2D eigenvalue weighted by atomic mass is 35.5. The van der Waals surface area contributed by atoms with Crippen LogP contribution in [-0.2, 0) is 6.61 Å². The molecule has 1 aromatic rings. The summed E-state index contributed by atoms with van der Waals surface area (Å²) in [4.78, 5) is 10.6. The molecule has 11 heavy (non-hydrogen) atoms. The molecule has 0 atom stereocenters. The number of halogens is 1. The fraction of sp³-hybridized carbons (Fsp3) is 0.167. The van der Waals surface area contributed by atoms with E-state index < -0.39 is 11.2 Å². The Kier molecular flexibility index (Phi) is 3.64. The lowest BCUT2D eigenvalue weighted by atomic mass is 10.4. The van der Waals surface area contributed by atoms with E-state index in [1.165, 1.54) is 0 Å². The van der Waals surface area contributed by atoms with Gasteiger partial charge in [0.2, 0.25) is 5.43 Å². The van der Waals surface area contributed by atoms with Crippen molar-refractivity contribution in [3.63, 3.8) is 0 Å². The third kappa shape index (κ3) is 2.25. The van der Waals surface area contributed by atoms with E-state index in [4.69, 9.17) is 10.2 Å². The topological polar surface area (TPSA) is 70.7 Å². The first kappa shape index (κ1) is 10.0. The first-order chi connectivity index (χ1) is 4.74. The van der Waals surface area contributed by atoms with Gasteiger partial charge in [0, 0.05) is 6.07 Å². The maximum atomic E-state index is 10.6. The SMILES string of the molecule is Cl.O=c1cc(CO)occ1O. The second-order valence-corrected chi connectivity index (χ2v) is 1.75. The van der Waals surface area contributed by atoms with Gasteiger partial charge in [0.15, 0.2) is 5.75 Å². The lowest BCUT2D eigenvalue weighted by Crippen LogP contribution is -1.99. The van der Waals surface area contributed by atoms with Crippen LogP contribution in [0.25, 0.3) is 0 Å². The highest BCUT2D eigenvalue weighted by Gasteiger charge is 1.98. The molecule has 1 aromatic heterocycles. The van der Waals surface area contributed by atoms with Gasteiger partial charge in [-0.05, 0) is 0 Å². The smallest absolute Gasteiger partial charge is 0.226 e. The van der Waals surface area contributed by atoms with Gasteiger partial charge in [-0.25, -0.2) is 0 Å². The molecule has 0 unspecified atom stereocenters. The summed E-state index contributed by atoms with van der Waals surface area (Å²) in [5.41, 5.74) is -0.546. The van der Waals surface area contributed by atoms with E-state index in [9.17, 15) is 4.79 Å². The molecule has 0 aliphatic carbocycles. The van der Waals surface area contributed by atoms with Gasteiger partial charge >= 0.3 is 0 Å². The summed E-state index contributed by atoms with van der Waals surface area (Å²) in [6.07, 6.45) is 0.897. The Morgan fingerprint density at radius 2 is 2.18 bits per heavy atom. The van der Waals surface area contributed by atoms with Crippen LogP contribution < -0.4 is 5.43 Å². The Balaban J connectivity index is 0.000001000. The van der Waals surface area contributed by atoms with Gasteiger partial charge < -0.3 is 14.6 Å². The molecular weight excluding hydrogens is 172 g/mol. The zero-order valence-electron chi connectivity index (χ0n) is 5.48. The van der Waals surface area contributed by atoms with Crippen LogP contribution in [0.15, 0.2) is 21.5 Å². The van der Waals surface area contributed by atoms with Crippen molar-refractivity contribution in [3.8, 4) is 5.75 Å².